The molecule has 0 atom stereocenters. The van der Waals surface area contributed by atoms with E-state index < -0.39 is 10.0 Å². The van der Waals surface area contributed by atoms with Crippen molar-refractivity contribution in [2.45, 2.75) is 4.90 Å². The second-order valence-corrected chi connectivity index (χ2v) is 10.7. The minimum Gasteiger partial charge on any atom is -0.497 e. The number of ether oxygens (including phenoxy) is 2. The lowest BCUT2D eigenvalue weighted by atomic mass is 10.1. The fourth-order valence-corrected chi connectivity index (χ4v) is 6.30. The predicted molar refractivity (Wildman–Crippen MR) is 126 cm³/mol. The number of benzene rings is 2. The van der Waals surface area contributed by atoms with E-state index in [1.807, 2.05) is 29.6 Å². The van der Waals surface area contributed by atoms with Gasteiger partial charge in [-0.3, -0.25) is 0 Å². The SMILES string of the molecule is COc1cc(OC)cc(-c2csc(N3CCN(S(=O)(=O)c4cccc(Br)c4)CC3)n2)c1. The minimum absolute atomic E-state index is 0.304. The minimum atomic E-state index is -3.51. The monoisotopic (exact) mass is 523 g/mol. The first-order valence-electron chi connectivity index (χ1n) is 9.60. The van der Waals surface area contributed by atoms with Crippen LogP contribution in [0.3, 0.4) is 0 Å². The molecule has 0 spiro atoms. The number of anilines is 1. The summed E-state index contributed by atoms with van der Waals surface area (Å²) in [4.78, 5) is 7.20. The van der Waals surface area contributed by atoms with Crippen molar-refractivity contribution in [3.63, 3.8) is 0 Å². The molecule has 1 aliphatic rings. The number of hydrogen-bond acceptors (Lipinski definition) is 7. The average Bonchev–Trinajstić information content (AvgIpc) is 3.29. The first kappa shape index (κ1) is 22.1. The van der Waals surface area contributed by atoms with Gasteiger partial charge in [0.05, 0.1) is 24.8 Å². The lowest BCUT2D eigenvalue weighted by Gasteiger charge is -2.33. The van der Waals surface area contributed by atoms with Crippen LogP contribution < -0.4 is 14.4 Å². The second-order valence-electron chi connectivity index (χ2n) is 6.97. The number of hydrogen-bond donors (Lipinski definition) is 0. The van der Waals surface area contributed by atoms with Gasteiger partial charge in [0.15, 0.2) is 5.13 Å². The topological polar surface area (TPSA) is 72.0 Å². The Hall–Kier alpha value is -2.14. The van der Waals surface area contributed by atoms with Gasteiger partial charge in [0.2, 0.25) is 10.0 Å². The lowest BCUT2D eigenvalue weighted by Crippen LogP contribution is -2.48. The van der Waals surface area contributed by atoms with Crippen LogP contribution >= 0.6 is 27.3 Å². The normalized spacial score (nSPS) is 15.1. The molecule has 0 amide bonds. The fraction of sp³-hybridized carbons (Fsp3) is 0.286. The third-order valence-corrected chi connectivity index (χ3v) is 8.37. The van der Waals surface area contributed by atoms with Gasteiger partial charge in [-0.15, -0.1) is 11.3 Å². The van der Waals surface area contributed by atoms with Crippen LogP contribution in [-0.4, -0.2) is 58.1 Å². The van der Waals surface area contributed by atoms with E-state index in [0.717, 1.165) is 20.9 Å². The lowest BCUT2D eigenvalue weighted by molar-refractivity contribution is 0.385. The van der Waals surface area contributed by atoms with Crippen LogP contribution in [0.4, 0.5) is 5.13 Å². The summed E-state index contributed by atoms with van der Waals surface area (Å²) in [6, 6.07) is 12.5. The Morgan fingerprint density at radius 1 is 1.00 bits per heavy atom. The van der Waals surface area contributed by atoms with E-state index in [0.29, 0.717) is 42.6 Å². The van der Waals surface area contributed by atoms with E-state index in [9.17, 15) is 8.42 Å². The van der Waals surface area contributed by atoms with Crippen molar-refractivity contribution in [3.05, 3.63) is 52.3 Å². The molecule has 0 bridgehead atoms. The molecule has 3 aromatic rings. The van der Waals surface area contributed by atoms with Crippen molar-refractivity contribution >= 4 is 42.4 Å². The molecule has 1 fully saturated rings. The standard InChI is InChI=1S/C21H22BrN3O4S2/c1-28-17-10-15(11-18(13-17)29-2)20-14-30-21(23-20)24-6-8-25(9-7-24)31(26,27)19-5-3-4-16(22)12-19/h3-5,10-14H,6-9H2,1-2H3. The van der Waals surface area contributed by atoms with E-state index in [-0.39, 0.29) is 0 Å². The summed E-state index contributed by atoms with van der Waals surface area (Å²) in [7, 11) is -0.276. The van der Waals surface area contributed by atoms with Crippen molar-refractivity contribution in [2.75, 3.05) is 45.3 Å². The number of sulfonamides is 1. The number of aromatic nitrogens is 1. The van der Waals surface area contributed by atoms with Gasteiger partial charge in [-0.2, -0.15) is 4.31 Å². The molecule has 0 radical (unpaired) electrons. The summed E-state index contributed by atoms with van der Waals surface area (Å²) in [5.41, 5.74) is 1.75. The summed E-state index contributed by atoms with van der Waals surface area (Å²) in [5, 5.41) is 2.87. The van der Waals surface area contributed by atoms with E-state index in [1.165, 1.54) is 4.31 Å². The Morgan fingerprint density at radius 3 is 2.29 bits per heavy atom. The molecule has 7 nitrogen and oxygen atoms in total. The van der Waals surface area contributed by atoms with Crippen molar-refractivity contribution in [1.82, 2.24) is 9.29 Å². The summed E-state index contributed by atoms with van der Waals surface area (Å²) in [6.07, 6.45) is 0. The maximum atomic E-state index is 12.9. The molecule has 0 saturated carbocycles. The highest BCUT2D eigenvalue weighted by Gasteiger charge is 2.29. The molecule has 31 heavy (non-hydrogen) atoms. The maximum Gasteiger partial charge on any atom is 0.243 e. The maximum absolute atomic E-state index is 12.9. The number of rotatable bonds is 6. The largest absolute Gasteiger partial charge is 0.497 e. The van der Waals surface area contributed by atoms with E-state index in [4.69, 9.17) is 14.5 Å². The molecule has 0 unspecified atom stereocenters. The van der Waals surface area contributed by atoms with Gasteiger partial charge in [-0.25, -0.2) is 13.4 Å². The van der Waals surface area contributed by atoms with Gasteiger partial charge in [-0.05, 0) is 30.3 Å². The first-order chi connectivity index (χ1) is 14.9. The number of methoxy groups -OCH3 is 2. The van der Waals surface area contributed by atoms with Gasteiger partial charge < -0.3 is 14.4 Å². The van der Waals surface area contributed by atoms with E-state index in [2.05, 4.69) is 20.8 Å². The van der Waals surface area contributed by atoms with Gasteiger partial charge in [0.1, 0.15) is 11.5 Å². The van der Waals surface area contributed by atoms with Crippen molar-refractivity contribution < 1.29 is 17.9 Å². The molecule has 2 aromatic carbocycles. The summed E-state index contributed by atoms with van der Waals surface area (Å²) in [5.74, 6) is 1.41. The Balaban J connectivity index is 1.48. The molecule has 0 aliphatic carbocycles. The van der Waals surface area contributed by atoms with Crippen LogP contribution in [0.25, 0.3) is 11.3 Å². The molecule has 2 heterocycles. The molecule has 1 aromatic heterocycles. The molecular formula is C21H22BrN3O4S2. The zero-order valence-electron chi connectivity index (χ0n) is 17.1. The Labute approximate surface area is 194 Å². The van der Waals surface area contributed by atoms with Crippen LogP contribution in [0.5, 0.6) is 11.5 Å². The zero-order valence-corrected chi connectivity index (χ0v) is 20.3. The van der Waals surface area contributed by atoms with Crippen molar-refractivity contribution in [2.24, 2.45) is 0 Å². The molecule has 1 aliphatic heterocycles. The van der Waals surface area contributed by atoms with Gasteiger partial charge in [0, 0.05) is 47.7 Å². The van der Waals surface area contributed by atoms with Crippen molar-refractivity contribution in [3.8, 4) is 22.8 Å². The zero-order chi connectivity index (χ0) is 22.0. The van der Waals surface area contributed by atoms with Gasteiger partial charge in [-0.1, -0.05) is 22.0 Å². The smallest absolute Gasteiger partial charge is 0.243 e. The fourth-order valence-electron chi connectivity index (χ4n) is 3.39. The van der Waals surface area contributed by atoms with Gasteiger partial charge >= 0.3 is 0 Å². The number of thiazole rings is 1. The molecule has 0 N–H and O–H groups in total. The molecule has 1 saturated heterocycles. The van der Waals surface area contributed by atoms with E-state index in [1.54, 1.807) is 43.8 Å². The summed E-state index contributed by atoms with van der Waals surface area (Å²) >= 11 is 4.89. The quantitative estimate of drug-likeness (QED) is 0.484. The first-order valence-corrected chi connectivity index (χ1v) is 12.7. The van der Waals surface area contributed by atoms with Crippen LogP contribution in [-0.2, 0) is 10.0 Å². The Morgan fingerprint density at radius 2 is 1.68 bits per heavy atom. The highest BCUT2D eigenvalue weighted by atomic mass is 79.9. The highest BCUT2D eigenvalue weighted by molar-refractivity contribution is 9.10. The molecule has 4 rings (SSSR count). The van der Waals surface area contributed by atoms with Crippen LogP contribution in [0.1, 0.15) is 0 Å². The number of piperazine rings is 1. The van der Waals surface area contributed by atoms with E-state index >= 15 is 0 Å². The van der Waals surface area contributed by atoms with Crippen molar-refractivity contribution in [1.29, 1.82) is 0 Å². The highest BCUT2D eigenvalue weighted by Crippen LogP contribution is 2.33. The third kappa shape index (κ3) is 4.72. The summed E-state index contributed by atoms with van der Waals surface area (Å²) < 4.78 is 38.9. The number of halogens is 1. The average molecular weight is 524 g/mol. The molecule has 10 heteroatoms. The predicted octanol–water partition coefficient (Wildman–Crippen LogP) is 4.10. The summed E-state index contributed by atoms with van der Waals surface area (Å²) in [6.45, 7) is 2.00. The van der Waals surface area contributed by atoms with Gasteiger partial charge in [0.25, 0.3) is 0 Å². The van der Waals surface area contributed by atoms with Crippen LogP contribution in [0.2, 0.25) is 0 Å². The molecule has 164 valence electrons. The molecular weight excluding hydrogens is 502 g/mol. The van der Waals surface area contributed by atoms with Crippen LogP contribution in [0, 0.1) is 0 Å². The Kier molecular flexibility index (Phi) is 6.52. The van der Waals surface area contributed by atoms with Crippen LogP contribution in [0.15, 0.2) is 57.2 Å². The Bertz CT molecular complexity index is 1150. The third-order valence-electron chi connectivity index (χ3n) is 5.08. The number of nitrogens with zero attached hydrogens (tertiary/aromatic N) is 3. The second kappa shape index (κ2) is 9.15.